The summed E-state index contributed by atoms with van der Waals surface area (Å²) in [5.74, 6) is 0.298. The predicted molar refractivity (Wildman–Crippen MR) is 95.1 cm³/mol. The maximum absolute atomic E-state index is 13.6. The van der Waals surface area contributed by atoms with Crippen LogP contribution in [-0.2, 0) is 10.2 Å². The number of nitrogens with zero attached hydrogens (tertiary/aromatic N) is 1. The van der Waals surface area contributed by atoms with Crippen molar-refractivity contribution in [2.24, 2.45) is 5.41 Å². The molecule has 2 saturated heterocycles. The van der Waals surface area contributed by atoms with Gasteiger partial charge in [0.2, 0.25) is 5.91 Å². The van der Waals surface area contributed by atoms with Crippen molar-refractivity contribution in [3.63, 3.8) is 0 Å². The van der Waals surface area contributed by atoms with Gasteiger partial charge in [-0.1, -0.05) is 37.1 Å². The average molecular weight is 348 g/mol. The van der Waals surface area contributed by atoms with E-state index >= 15 is 0 Å². The lowest BCUT2D eigenvalue weighted by Crippen LogP contribution is -2.54. The first-order chi connectivity index (χ1) is 11.6. The van der Waals surface area contributed by atoms with Crippen LogP contribution in [0.2, 0.25) is 5.02 Å². The molecule has 1 saturated carbocycles. The van der Waals surface area contributed by atoms with Gasteiger partial charge >= 0.3 is 0 Å². The van der Waals surface area contributed by atoms with E-state index in [2.05, 4.69) is 11.8 Å². The highest BCUT2D eigenvalue weighted by Crippen LogP contribution is 2.55. The molecule has 0 spiro atoms. The molecule has 3 nitrogen and oxygen atoms in total. The molecular formula is C20H26ClNO2. The third-order valence-corrected chi connectivity index (χ3v) is 7.37. The Morgan fingerprint density at radius 1 is 1.29 bits per heavy atom. The molecule has 130 valence electrons. The zero-order chi connectivity index (χ0) is 16.9. The second kappa shape index (κ2) is 5.74. The van der Waals surface area contributed by atoms with Gasteiger partial charge in [0.1, 0.15) is 0 Å². The Bertz CT molecular complexity index is 634. The summed E-state index contributed by atoms with van der Waals surface area (Å²) in [5.41, 5.74) is 0.675. The van der Waals surface area contributed by atoms with Gasteiger partial charge in [-0.3, -0.25) is 4.79 Å². The highest BCUT2D eigenvalue weighted by Gasteiger charge is 2.60. The molecule has 3 fully saturated rings. The number of amides is 1. The summed E-state index contributed by atoms with van der Waals surface area (Å²) in [5, 5.41) is 10.7. The summed E-state index contributed by atoms with van der Waals surface area (Å²) in [7, 11) is 0. The van der Waals surface area contributed by atoms with Crippen LogP contribution in [-0.4, -0.2) is 34.6 Å². The van der Waals surface area contributed by atoms with Crippen molar-refractivity contribution in [1.29, 1.82) is 0 Å². The van der Waals surface area contributed by atoms with Crippen molar-refractivity contribution in [1.82, 2.24) is 4.90 Å². The summed E-state index contributed by atoms with van der Waals surface area (Å²) >= 11 is 6.04. The van der Waals surface area contributed by atoms with Gasteiger partial charge in [-0.2, -0.15) is 0 Å². The Hall–Kier alpha value is -1.06. The van der Waals surface area contributed by atoms with Crippen LogP contribution in [0, 0.1) is 5.41 Å². The first-order valence-electron chi connectivity index (χ1n) is 9.26. The number of carbonyl (C=O) groups excluding carboxylic acids is 1. The molecule has 4 heteroatoms. The normalized spacial score (nSPS) is 33.5. The van der Waals surface area contributed by atoms with E-state index in [0.717, 1.165) is 50.5 Å². The quantitative estimate of drug-likeness (QED) is 0.897. The molecule has 24 heavy (non-hydrogen) atoms. The molecule has 2 bridgehead atoms. The zero-order valence-corrected chi connectivity index (χ0v) is 15.1. The fourth-order valence-corrected chi connectivity index (χ4v) is 5.56. The monoisotopic (exact) mass is 347 g/mol. The minimum atomic E-state index is -0.356. The Kier molecular flexibility index (Phi) is 3.92. The number of benzene rings is 1. The van der Waals surface area contributed by atoms with E-state index in [1.54, 1.807) is 0 Å². The second-order valence-corrected chi connectivity index (χ2v) is 8.42. The molecule has 4 rings (SSSR count). The van der Waals surface area contributed by atoms with Crippen LogP contribution in [0.3, 0.4) is 0 Å². The molecule has 2 aliphatic heterocycles. The predicted octanol–water partition coefficient (Wildman–Crippen LogP) is 3.91. The first kappa shape index (κ1) is 16.4. The molecule has 0 aromatic heterocycles. The van der Waals surface area contributed by atoms with E-state index in [1.165, 1.54) is 0 Å². The number of carbonyl (C=O) groups is 1. The number of hydrogen-bond acceptors (Lipinski definition) is 2. The molecule has 2 heterocycles. The molecule has 3 aliphatic rings. The van der Waals surface area contributed by atoms with E-state index < -0.39 is 0 Å². The minimum absolute atomic E-state index is 0.0799. The van der Waals surface area contributed by atoms with Gasteiger partial charge in [-0.15, -0.1) is 0 Å². The van der Waals surface area contributed by atoms with Crippen LogP contribution >= 0.6 is 11.6 Å². The van der Waals surface area contributed by atoms with Crippen molar-refractivity contribution in [2.45, 2.75) is 69.4 Å². The second-order valence-electron chi connectivity index (χ2n) is 7.98. The van der Waals surface area contributed by atoms with Gasteiger partial charge < -0.3 is 10.0 Å². The summed E-state index contributed by atoms with van der Waals surface area (Å²) in [6.07, 6.45) is 7.02. The Morgan fingerprint density at radius 2 is 2.00 bits per heavy atom. The average Bonchev–Trinajstić information content (AvgIpc) is 3.11. The van der Waals surface area contributed by atoms with E-state index in [-0.39, 0.29) is 23.5 Å². The first-order valence-corrected chi connectivity index (χ1v) is 9.64. The molecule has 1 aromatic carbocycles. The lowest BCUT2D eigenvalue weighted by molar-refractivity contribution is -0.143. The van der Waals surface area contributed by atoms with Crippen LogP contribution in [0.5, 0.6) is 0 Å². The SMILES string of the molecule is CC[C@@]1(CO)C[C@@H]2CC[C@H]1N2C(=O)C1(c2ccc(Cl)cc2)CCC1. The zero-order valence-electron chi connectivity index (χ0n) is 14.3. The van der Waals surface area contributed by atoms with Gasteiger partial charge in [-0.05, 0) is 56.2 Å². The molecule has 3 atom stereocenters. The van der Waals surface area contributed by atoms with Gasteiger partial charge in [-0.25, -0.2) is 0 Å². The third-order valence-electron chi connectivity index (χ3n) is 7.12. The molecule has 1 aliphatic carbocycles. The van der Waals surface area contributed by atoms with E-state index in [0.29, 0.717) is 17.0 Å². The molecular weight excluding hydrogens is 322 g/mol. The van der Waals surface area contributed by atoms with Crippen LogP contribution in [0.4, 0.5) is 0 Å². The lowest BCUT2D eigenvalue weighted by Gasteiger charge is -2.45. The number of fused-ring (bicyclic) bond motifs is 2. The van der Waals surface area contributed by atoms with Gasteiger partial charge in [0, 0.05) is 22.5 Å². The summed E-state index contributed by atoms with van der Waals surface area (Å²) in [6, 6.07) is 8.38. The molecule has 0 unspecified atom stereocenters. The van der Waals surface area contributed by atoms with Crippen LogP contribution < -0.4 is 0 Å². The summed E-state index contributed by atoms with van der Waals surface area (Å²) in [4.78, 5) is 15.8. The topological polar surface area (TPSA) is 40.5 Å². The van der Waals surface area contributed by atoms with Crippen LogP contribution in [0.25, 0.3) is 0 Å². The number of aliphatic hydroxyl groups is 1. The fourth-order valence-electron chi connectivity index (χ4n) is 5.43. The highest BCUT2D eigenvalue weighted by molar-refractivity contribution is 6.30. The minimum Gasteiger partial charge on any atom is -0.396 e. The summed E-state index contributed by atoms with van der Waals surface area (Å²) in [6.45, 7) is 2.35. The number of hydrogen-bond donors (Lipinski definition) is 1. The standard InChI is InChI=1S/C20H26ClNO2/c1-2-19(13-23)12-16-8-9-17(19)22(16)18(24)20(10-3-11-20)14-4-6-15(21)7-5-14/h4-7,16-17,23H,2-3,8-13H2,1H3/t16-,17+,19-/m0/s1. The van der Waals surface area contributed by atoms with Crippen LogP contribution in [0.15, 0.2) is 24.3 Å². The molecule has 1 aromatic rings. The largest absolute Gasteiger partial charge is 0.396 e. The maximum atomic E-state index is 13.6. The number of halogens is 1. The summed E-state index contributed by atoms with van der Waals surface area (Å²) < 4.78 is 0. The van der Waals surface area contributed by atoms with Gasteiger partial charge in [0.15, 0.2) is 0 Å². The van der Waals surface area contributed by atoms with Gasteiger partial charge in [0.25, 0.3) is 0 Å². The molecule has 1 N–H and O–H groups in total. The van der Waals surface area contributed by atoms with Crippen molar-refractivity contribution >= 4 is 17.5 Å². The van der Waals surface area contributed by atoms with E-state index in [1.807, 2.05) is 24.3 Å². The van der Waals surface area contributed by atoms with Crippen molar-refractivity contribution < 1.29 is 9.90 Å². The van der Waals surface area contributed by atoms with Gasteiger partial charge in [0.05, 0.1) is 12.0 Å². The lowest BCUT2D eigenvalue weighted by atomic mass is 9.63. The fraction of sp³-hybridized carbons (Fsp3) is 0.650. The number of aliphatic hydroxyl groups excluding tert-OH is 1. The highest BCUT2D eigenvalue weighted by atomic mass is 35.5. The van der Waals surface area contributed by atoms with Crippen molar-refractivity contribution in [3.05, 3.63) is 34.9 Å². The van der Waals surface area contributed by atoms with Crippen molar-refractivity contribution in [3.8, 4) is 0 Å². The Labute approximate surface area is 149 Å². The number of rotatable bonds is 4. The van der Waals surface area contributed by atoms with E-state index in [9.17, 15) is 9.90 Å². The Balaban J connectivity index is 1.67. The molecule has 1 amide bonds. The van der Waals surface area contributed by atoms with Crippen molar-refractivity contribution in [2.75, 3.05) is 6.61 Å². The molecule has 0 radical (unpaired) electrons. The Morgan fingerprint density at radius 3 is 2.50 bits per heavy atom. The third kappa shape index (κ3) is 2.10. The van der Waals surface area contributed by atoms with Crippen LogP contribution in [0.1, 0.15) is 57.4 Å². The maximum Gasteiger partial charge on any atom is 0.233 e. The van der Waals surface area contributed by atoms with E-state index in [4.69, 9.17) is 11.6 Å². The smallest absolute Gasteiger partial charge is 0.233 e.